The van der Waals surface area contributed by atoms with Gasteiger partial charge in [0.25, 0.3) is 0 Å². The van der Waals surface area contributed by atoms with Crippen molar-refractivity contribution in [3.05, 3.63) is 35.9 Å². The third kappa shape index (κ3) is 4.66. The number of rotatable bonds is 5. The maximum atomic E-state index is 6.58. The molecule has 3 nitrogen and oxygen atoms in total. The molecule has 1 aliphatic carbocycles. The Morgan fingerprint density at radius 3 is 2.40 bits per heavy atom. The summed E-state index contributed by atoms with van der Waals surface area (Å²) >= 11 is 0. The highest BCUT2D eigenvalue weighted by atomic mass is 35.5. The van der Waals surface area contributed by atoms with Crippen molar-refractivity contribution in [1.29, 1.82) is 0 Å². The Morgan fingerprint density at radius 2 is 1.84 bits per heavy atom. The SMILES string of the molecule is CC(C)(C)[Si](C)(C)OCC1CNCC2(CC2)N1Cc1ccccc1.Cl. The second-order valence-corrected chi connectivity index (χ2v) is 14.0. The van der Waals surface area contributed by atoms with E-state index in [1.165, 1.54) is 18.4 Å². The summed E-state index contributed by atoms with van der Waals surface area (Å²) in [5.74, 6) is 0. The van der Waals surface area contributed by atoms with Crippen LogP contribution < -0.4 is 5.32 Å². The van der Waals surface area contributed by atoms with Crippen molar-refractivity contribution in [1.82, 2.24) is 10.2 Å². The van der Waals surface area contributed by atoms with Crippen molar-refractivity contribution in [2.24, 2.45) is 0 Å². The van der Waals surface area contributed by atoms with Crippen molar-refractivity contribution in [2.45, 2.75) is 69.9 Å². The molecule has 2 fully saturated rings. The molecule has 1 aliphatic heterocycles. The van der Waals surface area contributed by atoms with Crippen molar-refractivity contribution < 1.29 is 4.43 Å². The van der Waals surface area contributed by atoms with Gasteiger partial charge in [0.2, 0.25) is 0 Å². The van der Waals surface area contributed by atoms with Crippen LogP contribution in [-0.4, -0.2) is 44.5 Å². The minimum atomic E-state index is -1.69. The first-order valence-corrected chi connectivity index (χ1v) is 12.3. The minimum absolute atomic E-state index is 0. The van der Waals surface area contributed by atoms with E-state index in [9.17, 15) is 0 Å². The molecule has 1 atom stereocenters. The largest absolute Gasteiger partial charge is 0.415 e. The summed E-state index contributed by atoms with van der Waals surface area (Å²) in [5.41, 5.74) is 1.80. The molecule has 1 saturated heterocycles. The van der Waals surface area contributed by atoms with Gasteiger partial charge in [0.1, 0.15) is 0 Å². The van der Waals surface area contributed by atoms with Gasteiger partial charge in [-0.15, -0.1) is 12.4 Å². The summed E-state index contributed by atoms with van der Waals surface area (Å²) in [5, 5.41) is 3.95. The summed E-state index contributed by atoms with van der Waals surface area (Å²) in [4.78, 5) is 2.74. The van der Waals surface area contributed by atoms with E-state index in [0.29, 0.717) is 11.6 Å². The van der Waals surface area contributed by atoms with E-state index >= 15 is 0 Å². The van der Waals surface area contributed by atoms with Gasteiger partial charge in [0.05, 0.1) is 6.61 Å². The summed E-state index contributed by atoms with van der Waals surface area (Å²) in [6, 6.07) is 11.4. The number of halogens is 1. The Balaban J connectivity index is 0.00000225. The normalized spacial score (nSPS) is 23.3. The van der Waals surface area contributed by atoms with Crippen LogP contribution in [0.25, 0.3) is 0 Å². The molecule has 1 heterocycles. The predicted octanol–water partition coefficient (Wildman–Crippen LogP) is 4.44. The van der Waals surface area contributed by atoms with Crippen molar-refractivity contribution in [3.8, 4) is 0 Å². The molecule has 0 amide bonds. The molecule has 142 valence electrons. The number of nitrogens with zero attached hydrogens (tertiary/aromatic N) is 1. The standard InChI is InChI=1S/C20H34N2OSi.ClH/c1-19(2,3)24(4,5)23-15-18-13-21-16-20(11-12-20)22(18)14-17-9-7-6-8-10-17;/h6-10,18,21H,11-16H2,1-5H3;1H. The number of hydrogen-bond donors (Lipinski definition) is 1. The number of benzene rings is 1. The van der Waals surface area contributed by atoms with Crippen LogP contribution in [0.15, 0.2) is 30.3 Å². The Bertz CT molecular complexity index is 555. The summed E-state index contributed by atoms with van der Waals surface area (Å²) in [6.07, 6.45) is 2.65. The van der Waals surface area contributed by atoms with E-state index < -0.39 is 8.32 Å². The van der Waals surface area contributed by atoms with Gasteiger partial charge in [0, 0.05) is 31.2 Å². The fourth-order valence-electron chi connectivity index (χ4n) is 3.43. The van der Waals surface area contributed by atoms with Gasteiger partial charge in [-0.25, -0.2) is 0 Å². The van der Waals surface area contributed by atoms with Crippen LogP contribution >= 0.6 is 12.4 Å². The maximum absolute atomic E-state index is 6.58. The van der Waals surface area contributed by atoms with E-state index in [0.717, 1.165) is 26.2 Å². The molecule has 3 rings (SSSR count). The van der Waals surface area contributed by atoms with Gasteiger partial charge < -0.3 is 9.74 Å². The van der Waals surface area contributed by atoms with Gasteiger partial charge in [-0.1, -0.05) is 51.1 Å². The molecule has 1 aromatic rings. The van der Waals surface area contributed by atoms with Gasteiger partial charge in [0.15, 0.2) is 8.32 Å². The lowest BCUT2D eigenvalue weighted by Crippen LogP contribution is -2.61. The highest BCUT2D eigenvalue weighted by molar-refractivity contribution is 6.74. The fraction of sp³-hybridized carbons (Fsp3) is 0.700. The summed E-state index contributed by atoms with van der Waals surface area (Å²) < 4.78 is 6.58. The average Bonchev–Trinajstić information content (AvgIpc) is 3.28. The minimum Gasteiger partial charge on any atom is -0.415 e. The van der Waals surface area contributed by atoms with Crippen LogP contribution in [0.3, 0.4) is 0 Å². The van der Waals surface area contributed by atoms with Crippen LogP contribution in [0.2, 0.25) is 18.1 Å². The van der Waals surface area contributed by atoms with Crippen molar-refractivity contribution in [2.75, 3.05) is 19.7 Å². The Morgan fingerprint density at radius 1 is 1.20 bits per heavy atom. The smallest absolute Gasteiger partial charge is 0.192 e. The first-order valence-electron chi connectivity index (χ1n) is 9.39. The van der Waals surface area contributed by atoms with Gasteiger partial charge >= 0.3 is 0 Å². The second kappa shape index (κ2) is 7.69. The quantitative estimate of drug-likeness (QED) is 0.762. The monoisotopic (exact) mass is 382 g/mol. The predicted molar refractivity (Wildman–Crippen MR) is 111 cm³/mol. The zero-order valence-corrected chi connectivity index (χ0v) is 18.3. The molecule has 1 spiro atoms. The van der Waals surface area contributed by atoms with Crippen molar-refractivity contribution in [3.63, 3.8) is 0 Å². The lowest BCUT2D eigenvalue weighted by atomic mass is 10.0. The third-order valence-corrected chi connectivity index (χ3v) is 10.9. The Labute approximate surface area is 161 Å². The maximum Gasteiger partial charge on any atom is 0.192 e. The second-order valence-electron chi connectivity index (χ2n) is 9.19. The van der Waals surface area contributed by atoms with E-state index in [2.05, 4.69) is 74.4 Å². The molecular weight excluding hydrogens is 348 g/mol. The van der Waals surface area contributed by atoms with Crippen LogP contribution in [0.5, 0.6) is 0 Å². The molecule has 1 unspecified atom stereocenters. The van der Waals surface area contributed by atoms with Crippen LogP contribution in [0.1, 0.15) is 39.2 Å². The highest BCUT2D eigenvalue weighted by Crippen LogP contribution is 2.45. The molecule has 0 bridgehead atoms. The number of hydrogen-bond acceptors (Lipinski definition) is 3. The molecule has 1 N–H and O–H groups in total. The van der Waals surface area contributed by atoms with Gasteiger partial charge in [-0.2, -0.15) is 0 Å². The topological polar surface area (TPSA) is 24.5 Å². The van der Waals surface area contributed by atoms with E-state index in [-0.39, 0.29) is 17.4 Å². The molecule has 0 aromatic heterocycles. The average molecular weight is 383 g/mol. The Hall–Kier alpha value is -0.393. The lowest BCUT2D eigenvalue weighted by Gasteiger charge is -2.45. The van der Waals surface area contributed by atoms with Crippen molar-refractivity contribution >= 4 is 20.7 Å². The molecule has 0 radical (unpaired) electrons. The molecule has 2 aliphatic rings. The third-order valence-electron chi connectivity index (χ3n) is 6.35. The van der Waals surface area contributed by atoms with E-state index in [4.69, 9.17) is 4.43 Å². The number of piperazine rings is 1. The highest BCUT2D eigenvalue weighted by Gasteiger charge is 2.52. The summed E-state index contributed by atoms with van der Waals surface area (Å²) in [6.45, 7) is 15.8. The fourth-order valence-corrected chi connectivity index (χ4v) is 4.47. The molecule has 1 saturated carbocycles. The molecular formula is C20H35ClN2OSi. The van der Waals surface area contributed by atoms with E-state index in [1.807, 2.05) is 0 Å². The number of nitrogens with one attached hydrogen (secondary N) is 1. The lowest BCUT2D eigenvalue weighted by molar-refractivity contribution is 0.0391. The van der Waals surface area contributed by atoms with Crippen LogP contribution in [-0.2, 0) is 11.0 Å². The van der Waals surface area contributed by atoms with Gasteiger partial charge in [-0.05, 0) is 36.5 Å². The van der Waals surface area contributed by atoms with Gasteiger partial charge in [-0.3, -0.25) is 4.90 Å². The first-order chi connectivity index (χ1) is 11.2. The van der Waals surface area contributed by atoms with Crippen LogP contribution in [0, 0.1) is 0 Å². The van der Waals surface area contributed by atoms with Crippen LogP contribution in [0.4, 0.5) is 0 Å². The summed E-state index contributed by atoms with van der Waals surface area (Å²) in [7, 11) is -1.69. The zero-order valence-electron chi connectivity index (χ0n) is 16.5. The molecule has 1 aromatic carbocycles. The molecule has 25 heavy (non-hydrogen) atoms. The van der Waals surface area contributed by atoms with E-state index in [1.54, 1.807) is 0 Å². The zero-order chi connectivity index (χ0) is 17.4. The Kier molecular flexibility index (Phi) is 6.43. The molecule has 5 heteroatoms. The first kappa shape index (κ1) is 20.9.